The van der Waals surface area contributed by atoms with Gasteiger partial charge < -0.3 is 14.8 Å². The minimum absolute atomic E-state index is 0.0651. The molecule has 0 saturated carbocycles. The maximum absolute atomic E-state index is 12.4. The zero-order chi connectivity index (χ0) is 18.7. The molecule has 1 aliphatic rings. The van der Waals surface area contributed by atoms with E-state index in [4.69, 9.17) is 9.47 Å². The van der Waals surface area contributed by atoms with E-state index >= 15 is 0 Å². The number of carbonyl (C=O) groups is 2. The highest BCUT2D eigenvalue weighted by Crippen LogP contribution is 2.28. The molecule has 0 aliphatic carbocycles. The predicted molar refractivity (Wildman–Crippen MR) is 96.0 cm³/mol. The first-order valence-electron chi connectivity index (χ1n) is 8.12. The van der Waals surface area contributed by atoms with Crippen LogP contribution < -0.4 is 10.1 Å². The third-order valence-electron chi connectivity index (χ3n) is 4.26. The molecule has 26 heavy (non-hydrogen) atoms. The molecule has 0 aromatic heterocycles. The van der Waals surface area contributed by atoms with E-state index in [9.17, 15) is 18.0 Å². The molecule has 8 heteroatoms. The average molecular weight is 377 g/mol. The molecule has 1 heterocycles. The van der Waals surface area contributed by atoms with Crippen molar-refractivity contribution < 1.29 is 27.5 Å². The molecule has 0 spiro atoms. The molecule has 7 nitrogen and oxygen atoms in total. The second-order valence-corrected chi connectivity index (χ2v) is 8.33. The number of sulfone groups is 1. The molecule has 1 fully saturated rings. The standard InChI is InChI=1S/C18H19NO6S/c1-24-16-7-6-15(13-4-2-3-5-14(13)16)18(21)25-10-17(20)19-12-8-9-26(22,23)11-12/h2-7,12H,8-11H2,1H3,(H,19,20)/t12-/m0/s1. The van der Waals surface area contributed by atoms with E-state index in [0.29, 0.717) is 23.1 Å². The number of benzene rings is 2. The van der Waals surface area contributed by atoms with Gasteiger partial charge in [-0.05, 0) is 23.9 Å². The van der Waals surface area contributed by atoms with Crippen LogP contribution in [0.25, 0.3) is 10.8 Å². The number of rotatable bonds is 5. The first-order chi connectivity index (χ1) is 12.4. The SMILES string of the molecule is COc1ccc(C(=O)OCC(=O)N[C@H]2CCS(=O)(=O)C2)c2ccccc12. The number of ether oxygens (including phenoxy) is 2. The smallest absolute Gasteiger partial charge is 0.339 e. The lowest BCUT2D eigenvalue weighted by Gasteiger charge is -2.12. The molecule has 1 N–H and O–H groups in total. The summed E-state index contributed by atoms with van der Waals surface area (Å²) in [7, 11) is -1.53. The summed E-state index contributed by atoms with van der Waals surface area (Å²) in [6, 6.07) is 10.1. The Bertz CT molecular complexity index is 953. The van der Waals surface area contributed by atoms with Gasteiger partial charge in [0.15, 0.2) is 16.4 Å². The Morgan fingerprint density at radius 3 is 2.54 bits per heavy atom. The van der Waals surface area contributed by atoms with Gasteiger partial charge in [-0.25, -0.2) is 13.2 Å². The summed E-state index contributed by atoms with van der Waals surface area (Å²) in [5.41, 5.74) is 0.331. The lowest BCUT2D eigenvalue weighted by atomic mass is 10.0. The van der Waals surface area contributed by atoms with Gasteiger partial charge in [0.1, 0.15) is 5.75 Å². The van der Waals surface area contributed by atoms with Gasteiger partial charge in [-0.3, -0.25) is 4.79 Å². The monoisotopic (exact) mass is 377 g/mol. The van der Waals surface area contributed by atoms with E-state index < -0.39 is 34.4 Å². The van der Waals surface area contributed by atoms with Crippen LogP contribution in [0.15, 0.2) is 36.4 Å². The van der Waals surface area contributed by atoms with Gasteiger partial charge in [0.05, 0.1) is 24.2 Å². The van der Waals surface area contributed by atoms with Gasteiger partial charge in [-0.1, -0.05) is 24.3 Å². The molecule has 138 valence electrons. The molecule has 1 saturated heterocycles. The van der Waals surface area contributed by atoms with E-state index in [1.165, 1.54) is 0 Å². The van der Waals surface area contributed by atoms with Crippen molar-refractivity contribution in [3.05, 3.63) is 42.0 Å². The van der Waals surface area contributed by atoms with Crippen molar-refractivity contribution >= 4 is 32.5 Å². The third kappa shape index (κ3) is 3.96. The Balaban J connectivity index is 1.65. The van der Waals surface area contributed by atoms with Crippen molar-refractivity contribution in [2.45, 2.75) is 12.5 Å². The fourth-order valence-corrected chi connectivity index (χ4v) is 4.69. The molecule has 1 aliphatic heterocycles. The van der Waals surface area contributed by atoms with Crippen LogP contribution >= 0.6 is 0 Å². The van der Waals surface area contributed by atoms with Crippen LogP contribution in [0, 0.1) is 0 Å². The average Bonchev–Trinajstić information content (AvgIpc) is 2.97. The van der Waals surface area contributed by atoms with Gasteiger partial charge in [-0.2, -0.15) is 0 Å². The number of carbonyl (C=O) groups excluding carboxylic acids is 2. The van der Waals surface area contributed by atoms with Gasteiger partial charge in [-0.15, -0.1) is 0 Å². The van der Waals surface area contributed by atoms with E-state index in [0.717, 1.165) is 5.39 Å². The van der Waals surface area contributed by atoms with Crippen LogP contribution in [0.5, 0.6) is 5.75 Å². The number of amides is 1. The largest absolute Gasteiger partial charge is 0.496 e. The van der Waals surface area contributed by atoms with E-state index in [1.807, 2.05) is 12.1 Å². The van der Waals surface area contributed by atoms with Gasteiger partial charge in [0.2, 0.25) is 0 Å². The molecule has 0 bridgehead atoms. The number of hydrogen-bond acceptors (Lipinski definition) is 6. The van der Waals surface area contributed by atoms with Gasteiger partial charge >= 0.3 is 5.97 Å². The van der Waals surface area contributed by atoms with Crippen LogP contribution in [0.1, 0.15) is 16.8 Å². The third-order valence-corrected chi connectivity index (χ3v) is 6.02. The number of methoxy groups -OCH3 is 1. The number of nitrogens with one attached hydrogen (secondary N) is 1. The molecular formula is C18H19NO6S. The Hall–Kier alpha value is -2.61. The molecule has 1 atom stereocenters. The highest BCUT2D eigenvalue weighted by Gasteiger charge is 2.29. The maximum atomic E-state index is 12.4. The maximum Gasteiger partial charge on any atom is 0.339 e. The van der Waals surface area contributed by atoms with Crippen LogP contribution in [-0.2, 0) is 19.4 Å². The molecule has 0 unspecified atom stereocenters. The topological polar surface area (TPSA) is 98.8 Å². The summed E-state index contributed by atoms with van der Waals surface area (Å²) >= 11 is 0. The van der Waals surface area contributed by atoms with Crippen molar-refractivity contribution in [3.8, 4) is 5.75 Å². The van der Waals surface area contributed by atoms with Crippen molar-refractivity contribution in [3.63, 3.8) is 0 Å². The summed E-state index contributed by atoms with van der Waals surface area (Å²) in [6.45, 7) is -0.463. The first kappa shape index (κ1) is 18.2. The normalized spacial score (nSPS) is 18.4. The lowest BCUT2D eigenvalue weighted by molar-refractivity contribution is -0.124. The van der Waals surface area contributed by atoms with Gasteiger partial charge in [0, 0.05) is 11.4 Å². The zero-order valence-electron chi connectivity index (χ0n) is 14.2. The highest BCUT2D eigenvalue weighted by molar-refractivity contribution is 7.91. The molecule has 1 amide bonds. The fraction of sp³-hybridized carbons (Fsp3) is 0.333. The first-order valence-corrected chi connectivity index (χ1v) is 9.94. The molecule has 3 rings (SSSR count). The van der Waals surface area contributed by atoms with Crippen LogP contribution in [-0.4, -0.2) is 51.6 Å². The van der Waals surface area contributed by atoms with E-state index in [-0.39, 0.29) is 11.5 Å². The second-order valence-electron chi connectivity index (χ2n) is 6.10. The van der Waals surface area contributed by atoms with Crippen molar-refractivity contribution in [2.75, 3.05) is 25.2 Å². The van der Waals surface area contributed by atoms with E-state index in [1.54, 1.807) is 31.4 Å². The van der Waals surface area contributed by atoms with Crippen LogP contribution in [0.3, 0.4) is 0 Å². The summed E-state index contributed by atoms with van der Waals surface area (Å²) in [5.74, 6) is -0.514. The van der Waals surface area contributed by atoms with E-state index in [2.05, 4.69) is 5.32 Å². The second kappa shape index (κ2) is 7.33. The van der Waals surface area contributed by atoms with Crippen molar-refractivity contribution in [1.82, 2.24) is 5.32 Å². The molecule has 2 aromatic rings. The predicted octanol–water partition coefficient (Wildman–Crippen LogP) is 1.31. The van der Waals surface area contributed by atoms with Gasteiger partial charge in [0.25, 0.3) is 5.91 Å². The Labute approximate surface area is 151 Å². The van der Waals surface area contributed by atoms with Crippen LogP contribution in [0.2, 0.25) is 0 Å². The number of esters is 1. The summed E-state index contributed by atoms with van der Waals surface area (Å²) < 4.78 is 33.2. The Morgan fingerprint density at radius 1 is 1.15 bits per heavy atom. The summed E-state index contributed by atoms with van der Waals surface area (Å²) in [6.07, 6.45) is 0.380. The Morgan fingerprint density at radius 2 is 1.88 bits per heavy atom. The van der Waals surface area contributed by atoms with Crippen molar-refractivity contribution in [2.24, 2.45) is 0 Å². The molecular weight excluding hydrogens is 358 g/mol. The zero-order valence-corrected chi connectivity index (χ0v) is 15.0. The Kier molecular flexibility index (Phi) is 5.13. The minimum atomic E-state index is -3.08. The molecule has 2 aromatic carbocycles. The summed E-state index contributed by atoms with van der Waals surface area (Å²) in [5, 5.41) is 4.02. The minimum Gasteiger partial charge on any atom is -0.496 e. The van der Waals surface area contributed by atoms with Crippen LogP contribution in [0.4, 0.5) is 0 Å². The summed E-state index contributed by atoms with van der Waals surface area (Å²) in [4.78, 5) is 24.3. The molecule has 0 radical (unpaired) electrons. The number of fused-ring (bicyclic) bond motifs is 1. The van der Waals surface area contributed by atoms with Crippen molar-refractivity contribution in [1.29, 1.82) is 0 Å². The lowest BCUT2D eigenvalue weighted by Crippen LogP contribution is -2.38. The fourth-order valence-electron chi connectivity index (χ4n) is 3.01. The number of hydrogen-bond donors (Lipinski definition) is 1. The highest BCUT2D eigenvalue weighted by atomic mass is 32.2. The quantitative estimate of drug-likeness (QED) is 0.789.